The molecule has 1 aliphatic rings. The SMILES string of the molecule is CC.CC(C)CCOCCC1CCC(C)CC1. The molecule has 1 nitrogen and oxygen atoms in total. The van der Waals surface area contributed by atoms with Crippen LogP contribution in [0, 0.1) is 17.8 Å². The molecule has 0 amide bonds. The molecule has 0 aliphatic heterocycles. The first-order valence-electron chi connectivity index (χ1n) is 7.76. The molecule has 0 aromatic rings. The molecule has 0 bridgehead atoms. The Labute approximate surface area is 109 Å². The summed E-state index contributed by atoms with van der Waals surface area (Å²) in [6.45, 7) is 12.8. The third kappa shape index (κ3) is 9.64. The molecule has 17 heavy (non-hydrogen) atoms. The standard InChI is InChI=1S/C14H28O.C2H6/c1-12(2)8-10-15-11-9-14-6-4-13(3)5-7-14;1-2/h12-14H,4-11H2,1-3H3;1-2H3. The monoisotopic (exact) mass is 242 g/mol. The minimum absolute atomic E-state index is 0.778. The van der Waals surface area contributed by atoms with Crippen LogP contribution in [-0.4, -0.2) is 13.2 Å². The molecule has 1 heteroatoms. The van der Waals surface area contributed by atoms with E-state index >= 15 is 0 Å². The molecule has 1 saturated carbocycles. The van der Waals surface area contributed by atoms with Crippen molar-refractivity contribution in [1.29, 1.82) is 0 Å². The molecule has 1 rings (SSSR count). The van der Waals surface area contributed by atoms with Crippen LogP contribution in [0.5, 0.6) is 0 Å². The van der Waals surface area contributed by atoms with Crippen molar-refractivity contribution in [1.82, 2.24) is 0 Å². The highest BCUT2D eigenvalue weighted by Gasteiger charge is 2.17. The van der Waals surface area contributed by atoms with Crippen molar-refractivity contribution in [3.8, 4) is 0 Å². The van der Waals surface area contributed by atoms with E-state index in [1.165, 1.54) is 38.5 Å². The van der Waals surface area contributed by atoms with Gasteiger partial charge < -0.3 is 4.74 Å². The molecular formula is C16H34O. The zero-order valence-corrected chi connectivity index (χ0v) is 12.8. The number of hydrogen-bond donors (Lipinski definition) is 0. The second-order valence-electron chi connectivity index (χ2n) is 5.71. The average molecular weight is 242 g/mol. The van der Waals surface area contributed by atoms with E-state index in [1.54, 1.807) is 0 Å². The van der Waals surface area contributed by atoms with Gasteiger partial charge in [0, 0.05) is 13.2 Å². The minimum atomic E-state index is 0.778. The Bertz CT molecular complexity index is 146. The summed E-state index contributed by atoms with van der Waals surface area (Å²) in [6.07, 6.45) is 8.27. The molecule has 0 spiro atoms. The van der Waals surface area contributed by atoms with E-state index in [9.17, 15) is 0 Å². The number of rotatable bonds is 6. The maximum Gasteiger partial charge on any atom is 0.0468 e. The van der Waals surface area contributed by atoms with Crippen LogP contribution in [0.3, 0.4) is 0 Å². The summed E-state index contributed by atoms with van der Waals surface area (Å²) in [4.78, 5) is 0. The summed E-state index contributed by atoms with van der Waals surface area (Å²) in [5.74, 6) is 2.71. The molecule has 0 aromatic carbocycles. The maximum absolute atomic E-state index is 5.67. The molecule has 0 N–H and O–H groups in total. The number of hydrogen-bond acceptors (Lipinski definition) is 1. The quantitative estimate of drug-likeness (QED) is 0.575. The molecule has 0 saturated heterocycles. The smallest absolute Gasteiger partial charge is 0.0468 e. The molecule has 0 heterocycles. The lowest BCUT2D eigenvalue weighted by Gasteiger charge is -2.25. The summed E-state index contributed by atoms with van der Waals surface area (Å²) < 4.78 is 5.67. The maximum atomic E-state index is 5.67. The van der Waals surface area contributed by atoms with Crippen LogP contribution in [-0.2, 0) is 4.74 Å². The predicted molar refractivity (Wildman–Crippen MR) is 77.4 cm³/mol. The van der Waals surface area contributed by atoms with Gasteiger partial charge in [0.1, 0.15) is 0 Å². The van der Waals surface area contributed by atoms with Crippen molar-refractivity contribution in [3.05, 3.63) is 0 Å². The third-order valence-corrected chi connectivity index (χ3v) is 3.65. The van der Waals surface area contributed by atoms with Gasteiger partial charge in [0.05, 0.1) is 0 Å². The Hall–Kier alpha value is -0.0400. The van der Waals surface area contributed by atoms with Gasteiger partial charge in [0.15, 0.2) is 0 Å². The normalized spacial score (nSPS) is 24.4. The van der Waals surface area contributed by atoms with E-state index in [2.05, 4.69) is 20.8 Å². The van der Waals surface area contributed by atoms with Crippen molar-refractivity contribution in [2.45, 2.75) is 73.1 Å². The van der Waals surface area contributed by atoms with Crippen molar-refractivity contribution < 1.29 is 4.74 Å². The topological polar surface area (TPSA) is 9.23 Å². The lowest BCUT2D eigenvalue weighted by Crippen LogP contribution is -2.14. The van der Waals surface area contributed by atoms with Crippen molar-refractivity contribution in [2.24, 2.45) is 17.8 Å². The fourth-order valence-electron chi connectivity index (χ4n) is 2.29. The van der Waals surface area contributed by atoms with E-state index in [4.69, 9.17) is 4.74 Å². The van der Waals surface area contributed by atoms with Gasteiger partial charge in [0.2, 0.25) is 0 Å². The molecule has 0 atom stereocenters. The van der Waals surface area contributed by atoms with Crippen LogP contribution >= 0.6 is 0 Å². The van der Waals surface area contributed by atoms with Crippen LogP contribution in [0.1, 0.15) is 73.1 Å². The second-order valence-corrected chi connectivity index (χ2v) is 5.71. The van der Waals surface area contributed by atoms with E-state index in [0.717, 1.165) is 31.0 Å². The van der Waals surface area contributed by atoms with Crippen molar-refractivity contribution in [2.75, 3.05) is 13.2 Å². The van der Waals surface area contributed by atoms with E-state index in [0.29, 0.717) is 0 Å². The summed E-state index contributed by atoms with van der Waals surface area (Å²) in [5.41, 5.74) is 0. The first-order valence-corrected chi connectivity index (χ1v) is 7.76. The van der Waals surface area contributed by atoms with Crippen LogP contribution in [0.15, 0.2) is 0 Å². The largest absolute Gasteiger partial charge is 0.381 e. The first kappa shape index (κ1) is 17.0. The summed E-state index contributed by atoms with van der Waals surface area (Å²) in [5, 5.41) is 0. The molecular weight excluding hydrogens is 208 g/mol. The van der Waals surface area contributed by atoms with Crippen molar-refractivity contribution in [3.63, 3.8) is 0 Å². The Balaban J connectivity index is 0.00000121. The molecule has 0 unspecified atom stereocenters. The van der Waals surface area contributed by atoms with Gasteiger partial charge >= 0.3 is 0 Å². The fraction of sp³-hybridized carbons (Fsp3) is 1.00. The van der Waals surface area contributed by atoms with E-state index < -0.39 is 0 Å². The van der Waals surface area contributed by atoms with Gasteiger partial charge in [0.25, 0.3) is 0 Å². The fourth-order valence-corrected chi connectivity index (χ4v) is 2.29. The summed E-state index contributed by atoms with van der Waals surface area (Å²) >= 11 is 0. The second kappa shape index (κ2) is 11.1. The van der Waals surface area contributed by atoms with Gasteiger partial charge in [-0.1, -0.05) is 60.3 Å². The Kier molecular flexibility index (Phi) is 11.0. The summed E-state index contributed by atoms with van der Waals surface area (Å²) in [6, 6.07) is 0. The van der Waals surface area contributed by atoms with Gasteiger partial charge in [-0.25, -0.2) is 0 Å². The van der Waals surface area contributed by atoms with Crippen molar-refractivity contribution >= 4 is 0 Å². The van der Waals surface area contributed by atoms with Crippen LogP contribution in [0.2, 0.25) is 0 Å². The lowest BCUT2D eigenvalue weighted by atomic mass is 9.82. The van der Waals surface area contributed by atoms with Gasteiger partial charge in [-0.3, -0.25) is 0 Å². The molecule has 1 fully saturated rings. The molecule has 104 valence electrons. The van der Waals surface area contributed by atoms with Gasteiger partial charge in [-0.2, -0.15) is 0 Å². The van der Waals surface area contributed by atoms with E-state index in [-0.39, 0.29) is 0 Å². The highest BCUT2D eigenvalue weighted by Crippen LogP contribution is 2.30. The Morgan fingerprint density at radius 3 is 2.12 bits per heavy atom. The number of ether oxygens (including phenoxy) is 1. The predicted octanol–water partition coefficient (Wildman–Crippen LogP) is 5.29. The molecule has 1 aliphatic carbocycles. The lowest BCUT2D eigenvalue weighted by molar-refractivity contribution is 0.102. The highest BCUT2D eigenvalue weighted by atomic mass is 16.5. The average Bonchev–Trinajstić information content (AvgIpc) is 2.33. The van der Waals surface area contributed by atoms with Gasteiger partial charge in [-0.15, -0.1) is 0 Å². The Morgan fingerprint density at radius 1 is 1.00 bits per heavy atom. The highest BCUT2D eigenvalue weighted by molar-refractivity contribution is 4.69. The van der Waals surface area contributed by atoms with Crippen LogP contribution < -0.4 is 0 Å². The zero-order valence-electron chi connectivity index (χ0n) is 12.8. The van der Waals surface area contributed by atoms with E-state index in [1.807, 2.05) is 13.8 Å². The van der Waals surface area contributed by atoms with Crippen LogP contribution in [0.25, 0.3) is 0 Å². The summed E-state index contributed by atoms with van der Waals surface area (Å²) in [7, 11) is 0. The first-order chi connectivity index (χ1) is 8.18. The van der Waals surface area contributed by atoms with Gasteiger partial charge in [-0.05, 0) is 30.6 Å². The minimum Gasteiger partial charge on any atom is -0.381 e. The third-order valence-electron chi connectivity index (χ3n) is 3.65. The Morgan fingerprint density at radius 2 is 1.59 bits per heavy atom. The zero-order chi connectivity index (χ0) is 13.1. The molecule has 0 aromatic heterocycles. The molecule has 0 radical (unpaired) electrons. The van der Waals surface area contributed by atoms with Crippen LogP contribution in [0.4, 0.5) is 0 Å².